The lowest BCUT2D eigenvalue weighted by Gasteiger charge is -2.37. The zero-order chi connectivity index (χ0) is 15.5. The van der Waals surface area contributed by atoms with Crippen molar-refractivity contribution in [1.29, 1.82) is 0 Å². The lowest BCUT2D eigenvalue weighted by molar-refractivity contribution is 0.377. The first kappa shape index (κ1) is 16.0. The summed E-state index contributed by atoms with van der Waals surface area (Å²) < 4.78 is 1.79. The number of rotatable bonds is 4. The fraction of sp³-hybridized carbons (Fsp3) is 0.750. The fourth-order valence-electron chi connectivity index (χ4n) is 3.02. The van der Waals surface area contributed by atoms with Crippen LogP contribution in [0.5, 0.6) is 0 Å². The predicted molar refractivity (Wildman–Crippen MR) is 87.0 cm³/mol. The first-order valence-corrected chi connectivity index (χ1v) is 7.94. The van der Waals surface area contributed by atoms with Gasteiger partial charge in [0, 0.05) is 30.5 Å². The van der Waals surface area contributed by atoms with Gasteiger partial charge < -0.3 is 14.8 Å². The molecular weight excluding hydrogens is 264 g/mol. The van der Waals surface area contributed by atoms with Crippen LogP contribution in [0, 0.1) is 0 Å². The van der Waals surface area contributed by atoms with E-state index in [-0.39, 0.29) is 11.1 Å². The van der Waals surface area contributed by atoms with Gasteiger partial charge in [0.2, 0.25) is 0 Å². The van der Waals surface area contributed by atoms with Crippen molar-refractivity contribution in [1.82, 2.24) is 14.9 Å². The molecule has 0 bridgehead atoms. The molecule has 2 heterocycles. The van der Waals surface area contributed by atoms with Crippen molar-refractivity contribution in [3.63, 3.8) is 0 Å². The van der Waals surface area contributed by atoms with E-state index in [2.05, 4.69) is 15.2 Å². The van der Waals surface area contributed by atoms with E-state index in [0.717, 1.165) is 32.4 Å². The van der Waals surface area contributed by atoms with Gasteiger partial charge in [-0.1, -0.05) is 0 Å². The second-order valence-electron chi connectivity index (χ2n) is 6.83. The van der Waals surface area contributed by atoms with Gasteiger partial charge in [-0.25, -0.2) is 4.98 Å². The molecule has 5 nitrogen and oxygen atoms in total. The fourth-order valence-corrected chi connectivity index (χ4v) is 3.02. The monoisotopic (exact) mass is 292 g/mol. The SMILES string of the molecule is CNCCC1CCCCN1c1nccn(C(C)(C)C)c1=O. The molecule has 118 valence electrons. The van der Waals surface area contributed by atoms with E-state index in [1.54, 1.807) is 17.0 Å². The maximum absolute atomic E-state index is 12.8. The molecule has 1 aliphatic heterocycles. The van der Waals surface area contributed by atoms with Crippen LogP contribution in [-0.2, 0) is 5.54 Å². The molecule has 0 spiro atoms. The van der Waals surface area contributed by atoms with Crippen molar-refractivity contribution in [3.8, 4) is 0 Å². The first-order valence-electron chi connectivity index (χ1n) is 7.94. The minimum atomic E-state index is -0.217. The van der Waals surface area contributed by atoms with E-state index in [0.29, 0.717) is 11.9 Å². The van der Waals surface area contributed by atoms with Gasteiger partial charge in [0.05, 0.1) is 0 Å². The Labute approximate surface area is 127 Å². The molecule has 21 heavy (non-hydrogen) atoms. The summed E-state index contributed by atoms with van der Waals surface area (Å²) in [6, 6.07) is 0.419. The molecule has 1 N–H and O–H groups in total. The molecule has 1 atom stereocenters. The third kappa shape index (κ3) is 3.64. The smallest absolute Gasteiger partial charge is 0.293 e. The molecule has 5 heteroatoms. The van der Waals surface area contributed by atoms with E-state index < -0.39 is 0 Å². The van der Waals surface area contributed by atoms with Crippen molar-refractivity contribution in [2.24, 2.45) is 0 Å². The number of anilines is 1. The van der Waals surface area contributed by atoms with Gasteiger partial charge in [0.25, 0.3) is 5.56 Å². The summed E-state index contributed by atoms with van der Waals surface area (Å²) in [7, 11) is 1.97. The van der Waals surface area contributed by atoms with E-state index in [9.17, 15) is 4.79 Å². The molecule has 1 saturated heterocycles. The Morgan fingerprint density at radius 2 is 2.14 bits per heavy atom. The molecule has 0 aromatic carbocycles. The minimum absolute atomic E-state index is 0.0290. The quantitative estimate of drug-likeness (QED) is 0.922. The van der Waals surface area contributed by atoms with Gasteiger partial charge in [-0.3, -0.25) is 4.79 Å². The van der Waals surface area contributed by atoms with E-state index in [4.69, 9.17) is 0 Å². The van der Waals surface area contributed by atoms with E-state index in [1.807, 2.05) is 27.8 Å². The number of hydrogen-bond acceptors (Lipinski definition) is 4. The Morgan fingerprint density at radius 1 is 1.38 bits per heavy atom. The summed E-state index contributed by atoms with van der Waals surface area (Å²) in [6.45, 7) is 8.05. The summed E-state index contributed by atoms with van der Waals surface area (Å²) in [5.74, 6) is 0.619. The van der Waals surface area contributed by atoms with E-state index in [1.165, 1.54) is 6.42 Å². The average molecular weight is 292 g/mol. The van der Waals surface area contributed by atoms with Crippen LogP contribution >= 0.6 is 0 Å². The highest BCUT2D eigenvalue weighted by Gasteiger charge is 2.27. The van der Waals surface area contributed by atoms with Gasteiger partial charge in [-0.15, -0.1) is 0 Å². The highest BCUT2D eigenvalue weighted by atomic mass is 16.1. The molecule has 0 amide bonds. The van der Waals surface area contributed by atoms with Gasteiger partial charge in [-0.2, -0.15) is 0 Å². The Morgan fingerprint density at radius 3 is 2.81 bits per heavy atom. The molecule has 0 aliphatic carbocycles. The number of nitrogens with zero attached hydrogens (tertiary/aromatic N) is 3. The van der Waals surface area contributed by atoms with Crippen LogP contribution in [0.15, 0.2) is 17.2 Å². The highest BCUT2D eigenvalue weighted by molar-refractivity contribution is 5.38. The van der Waals surface area contributed by atoms with Crippen molar-refractivity contribution in [2.45, 2.75) is 58.0 Å². The van der Waals surface area contributed by atoms with Crippen molar-refractivity contribution in [3.05, 3.63) is 22.7 Å². The van der Waals surface area contributed by atoms with Crippen LogP contribution in [0.25, 0.3) is 0 Å². The highest BCUT2D eigenvalue weighted by Crippen LogP contribution is 2.23. The summed E-state index contributed by atoms with van der Waals surface area (Å²) >= 11 is 0. The molecule has 0 radical (unpaired) electrons. The third-order valence-corrected chi connectivity index (χ3v) is 4.17. The van der Waals surface area contributed by atoms with Crippen LogP contribution in [0.4, 0.5) is 5.82 Å². The van der Waals surface area contributed by atoms with Crippen molar-refractivity contribution in [2.75, 3.05) is 25.0 Å². The average Bonchev–Trinajstić information content (AvgIpc) is 2.44. The topological polar surface area (TPSA) is 50.2 Å². The Hall–Kier alpha value is -1.36. The Bertz CT molecular complexity index is 518. The number of nitrogens with one attached hydrogen (secondary N) is 1. The van der Waals surface area contributed by atoms with Crippen molar-refractivity contribution >= 4 is 5.82 Å². The normalized spacial score (nSPS) is 19.8. The molecular formula is C16H28N4O. The predicted octanol–water partition coefficient (Wildman–Crippen LogP) is 1.97. The van der Waals surface area contributed by atoms with Crippen LogP contribution in [-0.4, -0.2) is 35.7 Å². The molecule has 1 aliphatic rings. The van der Waals surface area contributed by atoms with Gasteiger partial charge in [-0.05, 0) is 60.0 Å². The molecule has 1 unspecified atom stereocenters. The molecule has 1 fully saturated rings. The number of hydrogen-bond donors (Lipinski definition) is 1. The zero-order valence-electron chi connectivity index (χ0n) is 13.7. The van der Waals surface area contributed by atoms with Crippen molar-refractivity contribution < 1.29 is 0 Å². The largest absolute Gasteiger partial charge is 0.349 e. The first-order chi connectivity index (χ1) is 9.95. The molecule has 0 saturated carbocycles. The number of aromatic nitrogens is 2. The van der Waals surface area contributed by atoms with Crippen LogP contribution in [0.3, 0.4) is 0 Å². The molecule has 1 aromatic heterocycles. The van der Waals surface area contributed by atoms with Gasteiger partial charge in [0.15, 0.2) is 5.82 Å². The van der Waals surface area contributed by atoms with Crippen LogP contribution in [0.2, 0.25) is 0 Å². The van der Waals surface area contributed by atoms with Crippen LogP contribution in [0.1, 0.15) is 46.5 Å². The second kappa shape index (κ2) is 6.60. The Balaban J connectivity index is 2.33. The maximum atomic E-state index is 12.8. The van der Waals surface area contributed by atoms with Gasteiger partial charge in [0.1, 0.15) is 0 Å². The summed E-state index contributed by atoms with van der Waals surface area (Å²) in [5, 5.41) is 3.21. The summed E-state index contributed by atoms with van der Waals surface area (Å²) in [4.78, 5) is 19.4. The lowest BCUT2D eigenvalue weighted by Crippen LogP contribution is -2.46. The summed E-state index contributed by atoms with van der Waals surface area (Å²) in [5.41, 5.74) is -0.188. The number of piperidine rings is 1. The second-order valence-corrected chi connectivity index (χ2v) is 6.83. The van der Waals surface area contributed by atoms with E-state index >= 15 is 0 Å². The summed E-state index contributed by atoms with van der Waals surface area (Å²) in [6.07, 6.45) is 8.13. The van der Waals surface area contributed by atoms with Gasteiger partial charge >= 0.3 is 0 Å². The Kier molecular flexibility index (Phi) is 5.04. The standard InChI is InChI=1S/C16H28N4O/c1-16(2,3)20-12-10-18-14(15(20)21)19-11-6-5-7-13(19)8-9-17-4/h10,12-13,17H,5-9,11H2,1-4H3. The zero-order valence-corrected chi connectivity index (χ0v) is 13.7. The third-order valence-electron chi connectivity index (χ3n) is 4.17. The molecule has 1 aromatic rings. The minimum Gasteiger partial charge on any atom is -0.349 e. The van der Waals surface area contributed by atoms with Crippen LogP contribution < -0.4 is 15.8 Å². The lowest BCUT2D eigenvalue weighted by atomic mass is 9.99. The maximum Gasteiger partial charge on any atom is 0.293 e. The molecule has 2 rings (SSSR count).